The number of carbonyl (C=O) groups excluding carboxylic acids is 4. The second-order valence-corrected chi connectivity index (χ2v) is 11.2. The Morgan fingerprint density at radius 3 is 2.24 bits per heavy atom. The Morgan fingerprint density at radius 1 is 0.947 bits per heavy atom. The van der Waals surface area contributed by atoms with Crippen LogP contribution in [0, 0.1) is 0 Å². The number of nitrogens with zero attached hydrogens (tertiary/aromatic N) is 2. The van der Waals surface area contributed by atoms with Gasteiger partial charge in [0.1, 0.15) is 11.2 Å². The van der Waals surface area contributed by atoms with E-state index in [0.717, 1.165) is 22.3 Å². The van der Waals surface area contributed by atoms with E-state index >= 15 is 0 Å². The summed E-state index contributed by atoms with van der Waals surface area (Å²) in [4.78, 5) is 55.9. The van der Waals surface area contributed by atoms with E-state index in [0.29, 0.717) is 24.2 Å². The van der Waals surface area contributed by atoms with E-state index in [-0.39, 0.29) is 12.5 Å². The number of carbonyl (C=O) groups is 4. The number of hydrogen-bond donors (Lipinski definition) is 2. The van der Waals surface area contributed by atoms with Gasteiger partial charge in [0.15, 0.2) is 0 Å². The summed E-state index contributed by atoms with van der Waals surface area (Å²) in [6.45, 7) is 10.9. The van der Waals surface area contributed by atoms with E-state index in [9.17, 15) is 19.2 Å². The van der Waals surface area contributed by atoms with Crippen LogP contribution in [0.2, 0.25) is 0 Å². The molecule has 3 amide bonds. The molecule has 0 spiro atoms. The number of rotatable bonds is 1. The molecule has 2 aliphatic rings. The van der Waals surface area contributed by atoms with Crippen molar-refractivity contribution in [3.05, 3.63) is 53.1 Å². The van der Waals surface area contributed by atoms with E-state index in [1.165, 1.54) is 0 Å². The number of alkyl carbamates (subject to hydrolysis) is 1. The fourth-order valence-electron chi connectivity index (χ4n) is 4.37. The number of fused-ring (bicyclic) bond motifs is 3. The van der Waals surface area contributed by atoms with E-state index in [2.05, 4.69) is 15.6 Å². The summed E-state index contributed by atoms with van der Waals surface area (Å²) in [7, 11) is 0. The average Bonchev–Trinajstić information content (AvgIpc) is 3.09. The summed E-state index contributed by atoms with van der Waals surface area (Å²) in [5.41, 5.74) is 2.63. The maximum absolute atomic E-state index is 12.7. The zero-order chi connectivity index (χ0) is 27.8. The zero-order valence-corrected chi connectivity index (χ0v) is 22.4. The molecule has 0 atom stereocenters. The van der Waals surface area contributed by atoms with Crippen molar-refractivity contribution >= 4 is 35.5 Å². The molecule has 2 N–H and O–H groups in total. The summed E-state index contributed by atoms with van der Waals surface area (Å²) >= 11 is 0. The highest BCUT2D eigenvalue weighted by Gasteiger charge is 2.36. The van der Waals surface area contributed by atoms with Gasteiger partial charge in [0.2, 0.25) is 5.96 Å². The van der Waals surface area contributed by atoms with Gasteiger partial charge in [-0.05, 0) is 76.3 Å². The lowest BCUT2D eigenvalue weighted by molar-refractivity contribution is -0.112. The Bertz CT molecular complexity index is 1340. The quantitative estimate of drug-likeness (QED) is 0.318. The first-order valence-electron chi connectivity index (χ1n) is 12.4. The fourth-order valence-corrected chi connectivity index (χ4v) is 4.37. The molecule has 0 radical (unpaired) electrons. The number of amides is 3. The van der Waals surface area contributed by atoms with Gasteiger partial charge in [-0.3, -0.25) is 14.9 Å². The average molecular weight is 521 g/mol. The molecule has 200 valence electrons. The number of anilines is 1. The van der Waals surface area contributed by atoms with E-state index in [1.54, 1.807) is 52.5 Å². The third kappa shape index (κ3) is 6.01. The maximum atomic E-state index is 12.7. The third-order valence-electron chi connectivity index (χ3n) is 5.81. The maximum Gasteiger partial charge on any atom is 0.437 e. The molecule has 2 aromatic rings. The van der Waals surface area contributed by atoms with Crippen molar-refractivity contribution in [2.24, 2.45) is 4.99 Å². The molecule has 0 saturated carbocycles. The number of ketones is 1. The van der Waals surface area contributed by atoms with Crippen LogP contribution in [-0.2, 0) is 27.2 Å². The highest BCUT2D eigenvalue weighted by Crippen LogP contribution is 2.40. The van der Waals surface area contributed by atoms with Crippen LogP contribution in [-0.4, -0.2) is 52.5 Å². The number of guanidine groups is 1. The van der Waals surface area contributed by atoms with Gasteiger partial charge in [0.25, 0.3) is 11.7 Å². The van der Waals surface area contributed by atoms with Crippen LogP contribution < -0.4 is 10.6 Å². The van der Waals surface area contributed by atoms with Crippen molar-refractivity contribution in [3.8, 4) is 11.1 Å². The van der Waals surface area contributed by atoms with Crippen molar-refractivity contribution in [1.82, 2.24) is 10.2 Å². The van der Waals surface area contributed by atoms with Gasteiger partial charge in [-0.1, -0.05) is 30.3 Å². The Labute approximate surface area is 221 Å². The number of nitrogens with one attached hydrogen (secondary N) is 2. The van der Waals surface area contributed by atoms with E-state index < -0.39 is 35.1 Å². The van der Waals surface area contributed by atoms with Crippen molar-refractivity contribution in [1.29, 1.82) is 0 Å². The minimum atomic E-state index is -0.874. The molecule has 38 heavy (non-hydrogen) atoms. The first-order valence-corrected chi connectivity index (χ1v) is 12.4. The lowest BCUT2D eigenvalue weighted by Crippen LogP contribution is -2.48. The second-order valence-electron chi connectivity index (χ2n) is 11.2. The van der Waals surface area contributed by atoms with Crippen LogP contribution in [0.4, 0.5) is 15.3 Å². The molecule has 10 nitrogen and oxygen atoms in total. The van der Waals surface area contributed by atoms with E-state index in [1.807, 2.05) is 30.3 Å². The van der Waals surface area contributed by atoms with Crippen molar-refractivity contribution in [2.75, 3.05) is 11.9 Å². The molecule has 2 aromatic carbocycles. The number of Topliss-reactive ketones (excluding diaryl/α,β-unsaturated/α-hetero) is 1. The second kappa shape index (κ2) is 9.92. The molecule has 10 heteroatoms. The van der Waals surface area contributed by atoms with Crippen LogP contribution >= 0.6 is 0 Å². The smallest absolute Gasteiger partial charge is 0.437 e. The third-order valence-corrected chi connectivity index (χ3v) is 5.81. The first kappa shape index (κ1) is 26.8. The largest absolute Gasteiger partial charge is 0.444 e. The normalized spacial score (nSPS) is 15.4. The van der Waals surface area contributed by atoms with Crippen LogP contribution in [0.5, 0.6) is 0 Å². The molecule has 0 saturated heterocycles. The molecular weight excluding hydrogens is 488 g/mol. The summed E-state index contributed by atoms with van der Waals surface area (Å²) in [5, 5.41) is 5.28. The highest BCUT2D eigenvalue weighted by molar-refractivity contribution is 6.52. The SMILES string of the molecule is CC(C)(C)OC(=O)/N=C(/NC(=O)OC(C)(C)C)N1CCc2c(-c3ccccc3)cc3c(c2C1)NC(=O)C3=O. The summed E-state index contributed by atoms with van der Waals surface area (Å²) in [6, 6.07) is 11.4. The summed E-state index contributed by atoms with van der Waals surface area (Å²) in [5.74, 6) is -1.35. The molecule has 2 heterocycles. The Balaban J connectivity index is 1.75. The minimum absolute atomic E-state index is 0.0475. The number of aliphatic imine (C=N–C) groups is 1. The molecule has 0 unspecified atom stereocenters. The van der Waals surface area contributed by atoms with Gasteiger partial charge in [-0.15, -0.1) is 4.99 Å². The van der Waals surface area contributed by atoms with E-state index in [4.69, 9.17) is 9.47 Å². The van der Waals surface area contributed by atoms with Crippen LogP contribution in [0.3, 0.4) is 0 Å². The predicted molar refractivity (Wildman–Crippen MR) is 142 cm³/mol. The molecule has 0 bridgehead atoms. The Morgan fingerprint density at radius 2 is 1.61 bits per heavy atom. The van der Waals surface area contributed by atoms with Gasteiger partial charge >= 0.3 is 12.2 Å². The summed E-state index contributed by atoms with van der Waals surface area (Å²) < 4.78 is 10.7. The summed E-state index contributed by atoms with van der Waals surface area (Å²) in [6.07, 6.45) is -1.15. The molecule has 4 rings (SSSR count). The fraction of sp³-hybridized carbons (Fsp3) is 0.393. The molecule has 0 fully saturated rings. The molecule has 0 aliphatic carbocycles. The number of benzene rings is 2. The first-order chi connectivity index (χ1) is 17.7. The number of ether oxygens (including phenoxy) is 2. The van der Waals surface area contributed by atoms with Gasteiger partial charge in [0, 0.05) is 13.1 Å². The highest BCUT2D eigenvalue weighted by atomic mass is 16.6. The van der Waals surface area contributed by atoms with Crippen molar-refractivity contribution in [3.63, 3.8) is 0 Å². The van der Waals surface area contributed by atoms with Gasteiger partial charge in [0.05, 0.1) is 11.3 Å². The van der Waals surface area contributed by atoms with Crippen molar-refractivity contribution < 1.29 is 28.7 Å². The monoisotopic (exact) mass is 520 g/mol. The van der Waals surface area contributed by atoms with Gasteiger partial charge < -0.3 is 19.7 Å². The van der Waals surface area contributed by atoms with Crippen molar-refractivity contribution in [2.45, 2.75) is 65.7 Å². The number of hydrogen-bond acceptors (Lipinski definition) is 6. The Hall–Kier alpha value is -4.21. The standard InChI is InChI=1S/C28H32N4O6/c1-27(2,3)37-25(35)30-24(31-26(36)38-28(4,5)6)32-13-12-17-18(16-10-8-7-9-11-16)14-19-21(20(17)15-32)29-23(34)22(19)33/h7-11,14H,12-13,15H2,1-6H3,(H,29,33,34)(H,30,31,35,36). The topological polar surface area (TPSA) is 126 Å². The minimum Gasteiger partial charge on any atom is -0.444 e. The van der Waals surface area contributed by atoms with Gasteiger partial charge in [-0.2, -0.15) is 0 Å². The molecule has 2 aliphatic heterocycles. The van der Waals surface area contributed by atoms with Crippen LogP contribution in [0.25, 0.3) is 11.1 Å². The lowest BCUT2D eigenvalue weighted by atomic mass is 9.87. The van der Waals surface area contributed by atoms with Crippen LogP contribution in [0.1, 0.15) is 63.0 Å². The lowest BCUT2D eigenvalue weighted by Gasteiger charge is -2.34. The van der Waals surface area contributed by atoms with Crippen LogP contribution in [0.15, 0.2) is 41.4 Å². The van der Waals surface area contributed by atoms with Gasteiger partial charge in [-0.25, -0.2) is 9.59 Å². The zero-order valence-electron chi connectivity index (χ0n) is 22.4. The molecule has 0 aromatic heterocycles. The Kier molecular flexibility index (Phi) is 7.01. The predicted octanol–water partition coefficient (Wildman–Crippen LogP) is 4.66. The molecular formula is C28H32N4O6.